The Morgan fingerprint density at radius 1 is 1.54 bits per heavy atom. The first-order valence-corrected chi connectivity index (χ1v) is 6.37. The molecule has 0 aromatic carbocycles. The number of nitrogens with two attached hydrogens (primary N) is 1. The molecule has 1 saturated carbocycles. The van der Waals surface area contributed by atoms with Crippen molar-refractivity contribution in [1.82, 2.24) is 0 Å². The van der Waals surface area contributed by atoms with Crippen LogP contribution in [-0.2, 0) is 0 Å². The number of hydrogen-bond donors (Lipinski definition) is 1. The molecule has 0 aliphatic heterocycles. The molecule has 0 spiro atoms. The van der Waals surface area contributed by atoms with Gasteiger partial charge in [0.15, 0.2) is 0 Å². The highest BCUT2D eigenvalue weighted by Crippen LogP contribution is 2.41. The minimum absolute atomic E-state index is 0.616. The maximum Gasteiger partial charge on any atom is 0.0701 e. The molecular formula is C10H14BrNS. The van der Waals surface area contributed by atoms with Gasteiger partial charge in [0.25, 0.3) is 0 Å². The molecule has 2 N–H and O–H groups in total. The summed E-state index contributed by atoms with van der Waals surface area (Å²) in [6, 6.07) is 4.34. The van der Waals surface area contributed by atoms with Crippen LogP contribution in [0.2, 0.25) is 0 Å². The van der Waals surface area contributed by atoms with Gasteiger partial charge in [-0.2, -0.15) is 0 Å². The lowest BCUT2D eigenvalue weighted by molar-refractivity contribution is 0.266. The van der Waals surface area contributed by atoms with Crippen molar-refractivity contribution in [2.45, 2.75) is 25.2 Å². The third-order valence-electron chi connectivity index (χ3n) is 2.93. The van der Waals surface area contributed by atoms with E-state index in [1.807, 2.05) is 11.3 Å². The Kier molecular flexibility index (Phi) is 3.06. The third kappa shape index (κ3) is 1.97. The summed E-state index contributed by atoms with van der Waals surface area (Å²) in [5.41, 5.74) is 5.82. The molecule has 1 aromatic rings. The highest BCUT2D eigenvalue weighted by atomic mass is 79.9. The van der Waals surface area contributed by atoms with Crippen LogP contribution in [0.3, 0.4) is 0 Å². The fraction of sp³-hybridized carbons (Fsp3) is 0.600. The zero-order valence-electron chi connectivity index (χ0n) is 7.50. The van der Waals surface area contributed by atoms with Crippen molar-refractivity contribution in [3.05, 3.63) is 20.8 Å². The van der Waals surface area contributed by atoms with Crippen molar-refractivity contribution < 1.29 is 0 Å². The van der Waals surface area contributed by atoms with E-state index >= 15 is 0 Å². The van der Waals surface area contributed by atoms with E-state index in [1.165, 1.54) is 27.9 Å². The smallest absolute Gasteiger partial charge is 0.0701 e. The highest BCUT2D eigenvalue weighted by molar-refractivity contribution is 9.11. The monoisotopic (exact) mass is 259 g/mol. The normalized spacial score (nSPS) is 19.8. The maximum absolute atomic E-state index is 5.82. The quantitative estimate of drug-likeness (QED) is 0.886. The van der Waals surface area contributed by atoms with Crippen molar-refractivity contribution in [3.8, 4) is 0 Å². The molecule has 13 heavy (non-hydrogen) atoms. The van der Waals surface area contributed by atoms with Crippen molar-refractivity contribution >= 4 is 27.3 Å². The van der Waals surface area contributed by atoms with Gasteiger partial charge < -0.3 is 5.73 Å². The van der Waals surface area contributed by atoms with Gasteiger partial charge in [0.05, 0.1) is 3.79 Å². The largest absolute Gasteiger partial charge is 0.330 e. The van der Waals surface area contributed by atoms with E-state index in [4.69, 9.17) is 5.73 Å². The second-order valence-corrected chi connectivity index (χ2v) is 6.17. The zero-order valence-corrected chi connectivity index (χ0v) is 9.90. The lowest BCUT2D eigenvalue weighted by atomic mass is 9.75. The van der Waals surface area contributed by atoms with Gasteiger partial charge in [-0.05, 0) is 46.8 Å². The minimum atomic E-state index is 0.616. The molecule has 1 atom stereocenters. The van der Waals surface area contributed by atoms with Gasteiger partial charge in [0, 0.05) is 17.3 Å². The van der Waals surface area contributed by atoms with Gasteiger partial charge in [-0.3, -0.25) is 0 Å². The standard InChI is InChI=1S/C10H14BrNS/c11-10-5-4-9(13-10)8(6-12)7-2-1-3-7/h4-5,7-8H,1-3,6,12H2. The van der Waals surface area contributed by atoms with Crippen LogP contribution in [0.5, 0.6) is 0 Å². The first-order valence-electron chi connectivity index (χ1n) is 4.76. The van der Waals surface area contributed by atoms with Gasteiger partial charge in [0.2, 0.25) is 0 Å². The Morgan fingerprint density at radius 2 is 2.31 bits per heavy atom. The predicted octanol–water partition coefficient (Wildman–Crippen LogP) is 3.35. The number of rotatable bonds is 3. The summed E-state index contributed by atoms with van der Waals surface area (Å²) in [6.07, 6.45) is 4.14. The van der Waals surface area contributed by atoms with Crippen molar-refractivity contribution in [2.75, 3.05) is 6.54 Å². The van der Waals surface area contributed by atoms with Crippen molar-refractivity contribution in [3.63, 3.8) is 0 Å². The molecule has 1 aromatic heterocycles. The molecule has 1 aliphatic carbocycles. The van der Waals surface area contributed by atoms with Crippen LogP contribution in [0.1, 0.15) is 30.1 Å². The summed E-state index contributed by atoms with van der Waals surface area (Å²) < 4.78 is 1.22. The Morgan fingerprint density at radius 3 is 2.69 bits per heavy atom. The van der Waals surface area contributed by atoms with Gasteiger partial charge in [0.1, 0.15) is 0 Å². The zero-order chi connectivity index (χ0) is 9.26. The van der Waals surface area contributed by atoms with Gasteiger partial charge in [-0.15, -0.1) is 11.3 Å². The first-order chi connectivity index (χ1) is 6.31. The summed E-state index contributed by atoms with van der Waals surface area (Å²) in [5.74, 6) is 1.47. The van der Waals surface area contributed by atoms with E-state index in [2.05, 4.69) is 28.1 Å². The molecule has 2 rings (SSSR count). The van der Waals surface area contributed by atoms with Gasteiger partial charge in [-0.25, -0.2) is 0 Å². The summed E-state index contributed by atoms with van der Waals surface area (Å²) in [4.78, 5) is 1.46. The van der Waals surface area contributed by atoms with Crippen molar-refractivity contribution in [2.24, 2.45) is 11.7 Å². The average Bonchev–Trinajstić information content (AvgIpc) is 2.43. The molecule has 0 bridgehead atoms. The molecular weight excluding hydrogens is 246 g/mol. The second kappa shape index (κ2) is 4.11. The Hall–Kier alpha value is 0.140. The highest BCUT2D eigenvalue weighted by Gasteiger charge is 2.28. The fourth-order valence-electron chi connectivity index (χ4n) is 1.91. The summed E-state index contributed by atoms with van der Waals surface area (Å²) in [7, 11) is 0. The van der Waals surface area contributed by atoms with Gasteiger partial charge in [-0.1, -0.05) is 6.42 Å². The number of halogens is 1. The fourth-order valence-corrected chi connectivity index (χ4v) is 3.54. The maximum atomic E-state index is 5.82. The summed E-state index contributed by atoms with van der Waals surface area (Å²) in [6.45, 7) is 0.803. The van der Waals surface area contributed by atoms with E-state index in [9.17, 15) is 0 Å². The van der Waals surface area contributed by atoms with E-state index in [1.54, 1.807) is 0 Å². The third-order valence-corrected chi connectivity index (χ3v) is 4.69. The first kappa shape index (κ1) is 9.69. The van der Waals surface area contributed by atoms with Crippen LogP contribution in [-0.4, -0.2) is 6.54 Å². The van der Waals surface area contributed by atoms with E-state index in [0.717, 1.165) is 12.5 Å². The molecule has 1 aliphatic rings. The summed E-state index contributed by atoms with van der Waals surface area (Å²) in [5, 5.41) is 0. The molecule has 1 unspecified atom stereocenters. The van der Waals surface area contributed by atoms with E-state index in [0.29, 0.717) is 5.92 Å². The molecule has 3 heteroatoms. The van der Waals surface area contributed by atoms with Gasteiger partial charge >= 0.3 is 0 Å². The van der Waals surface area contributed by atoms with Crippen LogP contribution in [0.4, 0.5) is 0 Å². The van der Waals surface area contributed by atoms with E-state index < -0.39 is 0 Å². The van der Waals surface area contributed by atoms with Crippen LogP contribution in [0.15, 0.2) is 15.9 Å². The molecule has 0 radical (unpaired) electrons. The molecule has 1 heterocycles. The van der Waals surface area contributed by atoms with Crippen LogP contribution in [0, 0.1) is 5.92 Å². The van der Waals surface area contributed by atoms with Crippen molar-refractivity contribution in [1.29, 1.82) is 0 Å². The lowest BCUT2D eigenvalue weighted by Gasteiger charge is -2.32. The van der Waals surface area contributed by atoms with Crippen LogP contribution < -0.4 is 5.73 Å². The Balaban J connectivity index is 2.11. The summed E-state index contributed by atoms with van der Waals surface area (Å²) >= 11 is 5.33. The van der Waals surface area contributed by atoms with Crippen LogP contribution >= 0.6 is 27.3 Å². The predicted molar refractivity (Wildman–Crippen MR) is 61.2 cm³/mol. The molecule has 1 nitrogen and oxygen atoms in total. The lowest BCUT2D eigenvalue weighted by Crippen LogP contribution is -2.25. The van der Waals surface area contributed by atoms with Crippen LogP contribution in [0.25, 0.3) is 0 Å². The molecule has 0 amide bonds. The molecule has 72 valence electrons. The second-order valence-electron chi connectivity index (χ2n) is 3.68. The Labute approximate surface area is 91.5 Å². The number of thiophene rings is 1. The molecule has 0 saturated heterocycles. The topological polar surface area (TPSA) is 26.0 Å². The SMILES string of the molecule is NCC(c1ccc(Br)s1)C1CCC1. The van der Waals surface area contributed by atoms with E-state index in [-0.39, 0.29) is 0 Å². The average molecular weight is 260 g/mol. The molecule has 1 fully saturated rings. The minimum Gasteiger partial charge on any atom is -0.330 e. The number of hydrogen-bond acceptors (Lipinski definition) is 2. The Bertz CT molecular complexity index is 280.